The average Bonchev–Trinajstić information content (AvgIpc) is 2.75. The minimum absolute atomic E-state index is 0.000130. The lowest BCUT2D eigenvalue weighted by Gasteiger charge is -2.13. The summed E-state index contributed by atoms with van der Waals surface area (Å²) in [6, 6.07) is 4.33. The summed E-state index contributed by atoms with van der Waals surface area (Å²) in [5.41, 5.74) is 1.34. The maximum atomic E-state index is 11.0. The Labute approximate surface area is 115 Å². The van der Waals surface area contributed by atoms with Gasteiger partial charge in [-0.3, -0.25) is 14.8 Å². The van der Waals surface area contributed by atoms with Gasteiger partial charge < -0.3 is 5.32 Å². The van der Waals surface area contributed by atoms with Crippen molar-refractivity contribution in [1.82, 2.24) is 9.78 Å². The second-order valence-corrected chi connectivity index (χ2v) is 4.67. The number of halogens is 1. The molecule has 19 heavy (non-hydrogen) atoms. The van der Waals surface area contributed by atoms with Gasteiger partial charge in [0.05, 0.1) is 17.2 Å². The van der Waals surface area contributed by atoms with Crippen molar-refractivity contribution in [2.45, 2.75) is 13.0 Å². The predicted octanol–water partition coefficient (Wildman–Crippen LogP) is 3.15. The number of rotatable bonds is 4. The van der Waals surface area contributed by atoms with Crippen LogP contribution in [0.2, 0.25) is 5.02 Å². The van der Waals surface area contributed by atoms with Gasteiger partial charge in [0.1, 0.15) is 5.69 Å². The van der Waals surface area contributed by atoms with Crippen LogP contribution in [0.3, 0.4) is 0 Å². The van der Waals surface area contributed by atoms with Crippen molar-refractivity contribution in [3.05, 3.63) is 51.3 Å². The van der Waals surface area contributed by atoms with Gasteiger partial charge in [0.15, 0.2) is 0 Å². The van der Waals surface area contributed by atoms with Crippen molar-refractivity contribution in [3.8, 4) is 0 Å². The highest BCUT2D eigenvalue weighted by atomic mass is 35.5. The molecule has 2 rings (SSSR count). The molecule has 0 saturated heterocycles. The van der Waals surface area contributed by atoms with E-state index in [1.807, 2.05) is 20.2 Å². The van der Waals surface area contributed by atoms with E-state index in [2.05, 4.69) is 10.4 Å². The van der Waals surface area contributed by atoms with Gasteiger partial charge in [0, 0.05) is 29.9 Å². The van der Waals surface area contributed by atoms with Gasteiger partial charge in [0.25, 0.3) is 5.69 Å². The van der Waals surface area contributed by atoms with Gasteiger partial charge in [-0.05, 0) is 19.1 Å². The number of anilines is 1. The summed E-state index contributed by atoms with van der Waals surface area (Å²) in [5.74, 6) is 0. The lowest BCUT2D eigenvalue weighted by atomic mass is 10.1. The summed E-state index contributed by atoms with van der Waals surface area (Å²) >= 11 is 5.88. The van der Waals surface area contributed by atoms with Crippen molar-refractivity contribution < 1.29 is 4.92 Å². The molecule has 100 valence electrons. The number of nitrogens with one attached hydrogen (secondary N) is 1. The van der Waals surface area contributed by atoms with Crippen molar-refractivity contribution in [2.75, 3.05) is 5.32 Å². The molecule has 6 nitrogen and oxygen atoms in total. The Balaban J connectivity index is 2.27. The Morgan fingerprint density at radius 3 is 2.84 bits per heavy atom. The van der Waals surface area contributed by atoms with E-state index in [1.54, 1.807) is 16.9 Å². The molecule has 1 N–H and O–H groups in total. The van der Waals surface area contributed by atoms with Gasteiger partial charge >= 0.3 is 0 Å². The fourth-order valence-electron chi connectivity index (χ4n) is 1.76. The molecule has 0 aliphatic heterocycles. The van der Waals surface area contributed by atoms with Crippen molar-refractivity contribution >= 4 is 23.0 Å². The molecule has 1 atom stereocenters. The molecule has 0 spiro atoms. The first-order valence-electron chi connectivity index (χ1n) is 5.66. The van der Waals surface area contributed by atoms with E-state index in [-0.39, 0.29) is 11.7 Å². The molecular weight excluding hydrogens is 268 g/mol. The normalized spacial score (nSPS) is 12.2. The highest BCUT2D eigenvalue weighted by Gasteiger charge is 2.17. The summed E-state index contributed by atoms with van der Waals surface area (Å²) in [5, 5.41) is 18.6. The Bertz CT molecular complexity index is 612. The highest BCUT2D eigenvalue weighted by Crippen LogP contribution is 2.30. The fraction of sp³-hybridized carbons (Fsp3) is 0.250. The van der Waals surface area contributed by atoms with Gasteiger partial charge in [-0.1, -0.05) is 11.6 Å². The number of hydrogen-bond donors (Lipinski definition) is 1. The van der Waals surface area contributed by atoms with Crippen LogP contribution >= 0.6 is 11.6 Å². The van der Waals surface area contributed by atoms with Crippen LogP contribution in [0.15, 0.2) is 30.6 Å². The molecule has 0 saturated carbocycles. The van der Waals surface area contributed by atoms with Crippen LogP contribution in [-0.2, 0) is 7.05 Å². The second-order valence-electron chi connectivity index (χ2n) is 4.23. The molecule has 1 unspecified atom stereocenters. The Hall–Kier alpha value is -2.08. The van der Waals surface area contributed by atoms with E-state index < -0.39 is 4.92 Å². The third kappa shape index (κ3) is 3.03. The van der Waals surface area contributed by atoms with Crippen LogP contribution in [0.5, 0.6) is 0 Å². The Morgan fingerprint density at radius 1 is 1.53 bits per heavy atom. The number of nitro groups is 1. The topological polar surface area (TPSA) is 73.0 Å². The third-order valence-corrected chi connectivity index (χ3v) is 2.99. The minimum Gasteiger partial charge on any atom is -0.373 e. The Morgan fingerprint density at radius 2 is 2.26 bits per heavy atom. The summed E-state index contributed by atoms with van der Waals surface area (Å²) < 4.78 is 1.68. The van der Waals surface area contributed by atoms with Crippen molar-refractivity contribution in [3.63, 3.8) is 0 Å². The van der Waals surface area contributed by atoms with Gasteiger partial charge in [-0.25, -0.2) is 0 Å². The highest BCUT2D eigenvalue weighted by molar-refractivity contribution is 6.31. The zero-order valence-corrected chi connectivity index (χ0v) is 11.3. The molecule has 0 fully saturated rings. The lowest BCUT2D eigenvalue weighted by Crippen LogP contribution is -2.07. The molecule has 0 bridgehead atoms. The largest absolute Gasteiger partial charge is 0.373 e. The van der Waals surface area contributed by atoms with Gasteiger partial charge in [-0.2, -0.15) is 5.10 Å². The first-order valence-corrected chi connectivity index (χ1v) is 6.04. The molecule has 0 radical (unpaired) electrons. The van der Waals surface area contributed by atoms with E-state index in [4.69, 9.17) is 11.6 Å². The predicted molar refractivity (Wildman–Crippen MR) is 73.4 cm³/mol. The molecular formula is C12H13ClN4O2. The molecule has 2 aromatic rings. The molecule has 0 aliphatic rings. The minimum atomic E-state index is -0.436. The fourth-order valence-corrected chi connectivity index (χ4v) is 1.94. The van der Waals surface area contributed by atoms with E-state index in [9.17, 15) is 10.1 Å². The van der Waals surface area contributed by atoms with Crippen LogP contribution in [0.25, 0.3) is 0 Å². The Kier molecular flexibility index (Phi) is 3.71. The van der Waals surface area contributed by atoms with E-state index in [0.29, 0.717) is 10.7 Å². The number of hydrogen-bond acceptors (Lipinski definition) is 4. The monoisotopic (exact) mass is 280 g/mol. The van der Waals surface area contributed by atoms with Gasteiger partial charge in [0.2, 0.25) is 0 Å². The maximum absolute atomic E-state index is 11.0. The molecule has 1 heterocycles. The van der Waals surface area contributed by atoms with Crippen LogP contribution < -0.4 is 5.32 Å². The van der Waals surface area contributed by atoms with Crippen molar-refractivity contribution in [2.24, 2.45) is 7.05 Å². The summed E-state index contributed by atoms with van der Waals surface area (Å²) in [7, 11) is 1.82. The summed E-state index contributed by atoms with van der Waals surface area (Å²) in [6.07, 6.45) is 3.57. The summed E-state index contributed by atoms with van der Waals surface area (Å²) in [6.45, 7) is 1.90. The molecule has 1 aromatic heterocycles. The third-order valence-electron chi connectivity index (χ3n) is 2.75. The van der Waals surface area contributed by atoms with E-state index in [1.165, 1.54) is 12.1 Å². The van der Waals surface area contributed by atoms with Crippen molar-refractivity contribution in [1.29, 1.82) is 0 Å². The van der Waals surface area contributed by atoms with Crippen LogP contribution in [0, 0.1) is 10.1 Å². The first kappa shape index (κ1) is 13.4. The average molecular weight is 281 g/mol. The lowest BCUT2D eigenvalue weighted by molar-refractivity contribution is -0.384. The number of aryl methyl sites for hydroxylation is 1. The number of nitrogens with zero attached hydrogens (tertiary/aromatic N) is 3. The number of aromatic nitrogens is 2. The smallest absolute Gasteiger partial charge is 0.292 e. The van der Waals surface area contributed by atoms with Crippen LogP contribution in [0.4, 0.5) is 11.4 Å². The molecule has 0 aliphatic carbocycles. The van der Waals surface area contributed by atoms with E-state index >= 15 is 0 Å². The first-order chi connectivity index (χ1) is 8.97. The molecule has 1 aromatic carbocycles. The number of benzene rings is 1. The summed E-state index contributed by atoms with van der Waals surface area (Å²) in [4.78, 5) is 10.5. The second kappa shape index (κ2) is 5.27. The zero-order chi connectivity index (χ0) is 14.0. The van der Waals surface area contributed by atoms with E-state index in [0.717, 1.165) is 5.56 Å². The van der Waals surface area contributed by atoms with Gasteiger partial charge in [-0.15, -0.1) is 0 Å². The molecule has 0 amide bonds. The van der Waals surface area contributed by atoms with Crippen LogP contribution in [0.1, 0.15) is 18.5 Å². The maximum Gasteiger partial charge on any atom is 0.292 e. The zero-order valence-electron chi connectivity index (χ0n) is 10.5. The molecule has 7 heteroatoms. The standard InChI is InChI=1S/C12H13ClN4O2/c1-8(9-6-14-16(2)7-9)15-11-5-10(13)3-4-12(11)17(18)19/h3-8,15H,1-2H3. The quantitative estimate of drug-likeness (QED) is 0.690. The van der Waals surface area contributed by atoms with Crippen LogP contribution in [-0.4, -0.2) is 14.7 Å². The number of nitro benzene ring substituents is 1. The SMILES string of the molecule is CC(Nc1cc(Cl)ccc1[N+](=O)[O-])c1cnn(C)c1.